The van der Waals surface area contributed by atoms with Crippen LogP contribution in [0.2, 0.25) is 0 Å². The zero-order valence-corrected chi connectivity index (χ0v) is 28.1. The molecule has 0 aromatic carbocycles. The standard InChI is InChI=1S/C35H72O4S/c1-3-5-7-9-11-13-15-16-17-18-19-20-21-23-25-27-29-31-33-35(34-39-40(36,37)38)32-30-28-26-24-22-14-12-10-8-6-4-2/h35H,3-34H2,1-2H3,(H,36,37,38). The summed E-state index contributed by atoms with van der Waals surface area (Å²) in [4.78, 5) is 0. The molecule has 0 radical (unpaired) electrons. The molecule has 0 aliphatic carbocycles. The van der Waals surface area contributed by atoms with Crippen LogP contribution in [0.15, 0.2) is 0 Å². The van der Waals surface area contributed by atoms with E-state index in [1.54, 1.807) is 0 Å². The van der Waals surface area contributed by atoms with Crippen LogP contribution >= 0.6 is 0 Å². The van der Waals surface area contributed by atoms with Crippen molar-refractivity contribution in [2.24, 2.45) is 5.92 Å². The van der Waals surface area contributed by atoms with Crippen LogP contribution in [0.1, 0.15) is 213 Å². The summed E-state index contributed by atoms with van der Waals surface area (Å²) in [6.07, 6.45) is 41.3. The maximum Gasteiger partial charge on any atom is 0.397 e. The van der Waals surface area contributed by atoms with Gasteiger partial charge >= 0.3 is 10.4 Å². The van der Waals surface area contributed by atoms with Crippen molar-refractivity contribution < 1.29 is 17.2 Å². The van der Waals surface area contributed by atoms with Gasteiger partial charge in [-0.05, 0) is 18.8 Å². The predicted molar refractivity (Wildman–Crippen MR) is 175 cm³/mol. The number of rotatable bonds is 34. The van der Waals surface area contributed by atoms with Crippen molar-refractivity contribution in [1.82, 2.24) is 0 Å². The highest BCUT2D eigenvalue weighted by molar-refractivity contribution is 7.80. The van der Waals surface area contributed by atoms with Crippen LogP contribution in [0, 0.1) is 5.92 Å². The summed E-state index contributed by atoms with van der Waals surface area (Å²) in [5.41, 5.74) is 0. The van der Waals surface area contributed by atoms with E-state index in [2.05, 4.69) is 13.8 Å². The van der Waals surface area contributed by atoms with Crippen molar-refractivity contribution in [3.63, 3.8) is 0 Å². The molecule has 0 aromatic heterocycles. The summed E-state index contributed by atoms with van der Waals surface area (Å²) in [7, 11) is -4.34. The lowest BCUT2D eigenvalue weighted by molar-refractivity contribution is 0.204. The summed E-state index contributed by atoms with van der Waals surface area (Å²) in [5.74, 6) is 0.238. The summed E-state index contributed by atoms with van der Waals surface area (Å²) in [6.45, 7) is 4.69. The Balaban J connectivity index is 3.64. The largest absolute Gasteiger partial charge is 0.397 e. The van der Waals surface area contributed by atoms with Crippen molar-refractivity contribution in [2.75, 3.05) is 6.61 Å². The minimum absolute atomic E-state index is 0.134. The van der Waals surface area contributed by atoms with Gasteiger partial charge in [-0.3, -0.25) is 4.55 Å². The molecule has 1 atom stereocenters. The number of hydrogen-bond donors (Lipinski definition) is 1. The summed E-state index contributed by atoms with van der Waals surface area (Å²) >= 11 is 0. The molecule has 1 unspecified atom stereocenters. The van der Waals surface area contributed by atoms with Crippen LogP contribution in [0.4, 0.5) is 0 Å². The van der Waals surface area contributed by atoms with E-state index in [0.717, 1.165) is 25.7 Å². The predicted octanol–water partition coefficient (Wildman–Crippen LogP) is 12.6. The molecule has 0 saturated heterocycles. The average Bonchev–Trinajstić information content (AvgIpc) is 2.93. The third-order valence-electron chi connectivity index (χ3n) is 8.63. The third-order valence-corrected chi connectivity index (χ3v) is 9.07. The fourth-order valence-corrected chi connectivity index (χ4v) is 6.29. The summed E-state index contributed by atoms with van der Waals surface area (Å²) < 4.78 is 35.9. The van der Waals surface area contributed by atoms with Gasteiger partial charge in [-0.15, -0.1) is 0 Å². The fourth-order valence-electron chi connectivity index (χ4n) is 5.93. The van der Waals surface area contributed by atoms with Gasteiger partial charge in [-0.2, -0.15) is 8.42 Å². The lowest BCUT2D eigenvalue weighted by Crippen LogP contribution is -2.14. The number of unbranched alkanes of at least 4 members (excludes halogenated alkanes) is 27. The lowest BCUT2D eigenvalue weighted by Gasteiger charge is -2.16. The molecule has 0 aliphatic rings. The van der Waals surface area contributed by atoms with Crippen molar-refractivity contribution in [1.29, 1.82) is 0 Å². The Morgan fingerprint density at radius 3 is 0.875 bits per heavy atom. The van der Waals surface area contributed by atoms with E-state index in [-0.39, 0.29) is 12.5 Å². The molecule has 0 aromatic rings. The SMILES string of the molecule is CCCCCCCCCCCCCCCCCCCCC(CCCCCCCCCCCCC)COS(=O)(=O)O. The van der Waals surface area contributed by atoms with E-state index in [1.807, 2.05) is 0 Å². The molecule has 0 aliphatic heterocycles. The van der Waals surface area contributed by atoms with E-state index >= 15 is 0 Å². The molecule has 0 heterocycles. The average molecular weight is 589 g/mol. The minimum atomic E-state index is -4.34. The maximum absolute atomic E-state index is 11.1. The molecular formula is C35H72O4S. The lowest BCUT2D eigenvalue weighted by atomic mass is 9.94. The molecule has 40 heavy (non-hydrogen) atoms. The van der Waals surface area contributed by atoms with Gasteiger partial charge in [0.15, 0.2) is 0 Å². The van der Waals surface area contributed by atoms with Crippen LogP contribution in [0.3, 0.4) is 0 Å². The molecule has 0 spiro atoms. The molecule has 5 heteroatoms. The molecule has 0 bridgehead atoms. The maximum atomic E-state index is 11.1. The highest BCUT2D eigenvalue weighted by Crippen LogP contribution is 2.21. The third kappa shape index (κ3) is 34.1. The van der Waals surface area contributed by atoms with Crippen LogP contribution in [-0.4, -0.2) is 19.6 Å². The normalized spacial score (nSPS) is 12.8. The smallest absolute Gasteiger partial charge is 0.264 e. The Morgan fingerprint density at radius 2 is 0.650 bits per heavy atom. The minimum Gasteiger partial charge on any atom is -0.264 e. The molecule has 0 saturated carbocycles. The first-order valence-electron chi connectivity index (χ1n) is 18.1. The second-order valence-electron chi connectivity index (χ2n) is 12.7. The molecule has 242 valence electrons. The van der Waals surface area contributed by atoms with E-state index in [1.165, 1.54) is 173 Å². The van der Waals surface area contributed by atoms with Gasteiger partial charge in [0.25, 0.3) is 0 Å². The second kappa shape index (κ2) is 31.8. The molecule has 4 nitrogen and oxygen atoms in total. The van der Waals surface area contributed by atoms with Crippen LogP contribution in [0.5, 0.6) is 0 Å². The highest BCUT2D eigenvalue weighted by Gasteiger charge is 2.13. The first-order valence-corrected chi connectivity index (χ1v) is 19.5. The fraction of sp³-hybridized carbons (Fsp3) is 1.00. The van der Waals surface area contributed by atoms with Crippen LogP contribution in [-0.2, 0) is 14.6 Å². The Kier molecular flexibility index (Phi) is 31.7. The van der Waals surface area contributed by atoms with Crippen LogP contribution < -0.4 is 0 Å². The van der Waals surface area contributed by atoms with Crippen molar-refractivity contribution in [2.45, 2.75) is 213 Å². The monoisotopic (exact) mass is 589 g/mol. The second-order valence-corrected chi connectivity index (χ2v) is 13.8. The molecule has 0 rings (SSSR count). The quantitative estimate of drug-likeness (QED) is 0.0600. The van der Waals surface area contributed by atoms with Gasteiger partial charge in [0.05, 0.1) is 6.61 Å². The van der Waals surface area contributed by atoms with Crippen molar-refractivity contribution in [3.8, 4) is 0 Å². The number of hydrogen-bond acceptors (Lipinski definition) is 3. The van der Waals surface area contributed by atoms with E-state index in [4.69, 9.17) is 8.74 Å². The van der Waals surface area contributed by atoms with Crippen molar-refractivity contribution in [3.05, 3.63) is 0 Å². The van der Waals surface area contributed by atoms with E-state index in [9.17, 15) is 8.42 Å². The molecular weight excluding hydrogens is 516 g/mol. The first-order chi connectivity index (χ1) is 19.5. The highest BCUT2D eigenvalue weighted by atomic mass is 32.3. The van der Waals surface area contributed by atoms with E-state index < -0.39 is 10.4 Å². The van der Waals surface area contributed by atoms with Gasteiger partial charge in [0.1, 0.15) is 0 Å². The Bertz CT molecular complexity index is 578. The van der Waals surface area contributed by atoms with Gasteiger partial charge in [0, 0.05) is 0 Å². The molecule has 0 fully saturated rings. The summed E-state index contributed by atoms with van der Waals surface area (Å²) in [6, 6.07) is 0. The zero-order chi connectivity index (χ0) is 29.4. The summed E-state index contributed by atoms with van der Waals surface area (Å²) in [5, 5.41) is 0. The Labute approximate surface area is 252 Å². The molecule has 0 amide bonds. The van der Waals surface area contributed by atoms with Gasteiger partial charge < -0.3 is 0 Å². The van der Waals surface area contributed by atoms with Gasteiger partial charge in [0.2, 0.25) is 0 Å². The van der Waals surface area contributed by atoms with E-state index in [0.29, 0.717) is 0 Å². The topological polar surface area (TPSA) is 63.6 Å². The molecule has 1 N–H and O–H groups in total. The Morgan fingerprint density at radius 1 is 0.425 bits per heavy atom. The Hall–Kier alpha value is -0.130. The van der Waals surface area contributed by atoms with Gasteiger partial charge in [-0.1, -0.05) is 200 Å². The van der Waals surface area contributed by atoms with Gasteiger partial charge in [-0.25, -0.2) is 4.18 Å². The zero-order valence-electron chi connectivity index (χ0n) is 27.3. The van der Waals surface area contributed by atoms with Crippen LogP contribution in [0.25, 0.3) is 0 Å². The first kappa shape index (κ1) is 39.9. The van der Waals surface area contributed by atoms with Crippen molar-refractivity contribution >= 4 is 10.4 Å².